The third kappa shape index (κ3) is 2.08. The third-order valence-electron chi connectivity index (χ3n) is 2.04. The van der Waals surface area contributed by atoms with Gasteiger partial charge in [0.15, 0.2) is 0 Å². The molecule has 0 saturated carbocycles. The molecule has 0 fully saturated rings. The van der Waals surface area contributed by atoms with Gasteiger partial charge in [-0.3, -0.25) is 0 Å². The molecule has 0 bridgehead atoms. The van der Waals surface area contributed by atoms with Crippen molar-refractivity contribution in [2.75, 3.05) is 13.7 Å². The number of likely N-dealkylation sites (N-methyl/N-ethyl adjacent to an activating group) is 1. The molecular weight excluding hydrogens is 183 g/mol. The first-order chi connectivity index (χ1) is 6.72. The molecule has 1 aromatic rings. The van der Waals surface area contributed by atoms with Crippen LogP contribution in [0.15, 0.2) is 18.2 Å². The summed E-state index contributed by atoms with van der Waals surface area (Å²) in [6.07, 6.45) is 0. The van der Waals surface area contributed by atoms with Crippen molar-refractivity contribution in [3.05, 3.63) is 35.1 Å². The molecule has 0 heterocycles. The Labute approximate surface area is 81.8 Å². The zero-order chi connectivity index (χ0) is 10.6. The Morgan fingerprint density at radius 3 is 2.86 bits per heavy atom. The Bertz CT molecular complexity index is 356. The molecule has 0 saturated heterocycles. The highest BCUT2D eigenvalue weighted by Crippen LogP contribution is 2.15. The van der Waals surface area contributed by atoms with Gasteiger partial charge in [0.2, 0.25) is 0 Å². The van der Waals surface area contributed by atoms with Crippen LogP contribution in [-0.2, 0) is 0 Å². The van der Waals surface area contributed by atoms with E-state index in [2.05, 4.69) is 5.32 Å². The summed E-state index contributed by atoms with van der Waals surface area (Å²) in [6.45, 7) is -0.0903. The monoisotopic (exact) mass is 194 g/mol. The second-order valence-electron chi connectivity index (χ2n) is 2.87. The number of hydrogen-bond acceptors (Lipinski definition) is 3. The SMILES string of the molecule is CN[C@H](CO)c1ccc(F)c(C#N)c1. The summed E-state index contributed by atoms with van der Waals surface area (Å²) in [5, 5.41) is 20.4. The zero-order valence-electron chi connectivity index (χ0n) is 7.79. The topological polar surface area (TPSA) is 56.0 Å². The fourth-order valence-corrected chi connectivity index (χ4v) is 1.21. The molecule has 1 rings (SSSR count). The molecule has 3 nitrogen and oxygen atoms in total. The zero-order valence-corrected chi connectivity index (χ0v) is 7.79. The number of aliphatic hydroxyl groups is 1. The lowest BCUT2D eigenvalue weighted by Crippen LogP contribution is -2.20. The first kappa shape index (κ1) is 10.6. The molecule has 1 atom stereocenters. The summed E-state index contributed by atoms with van der Waals surface area (Å²) in [6, 6.07) is 5.71. The normalized spacial score (nSPS) is 12.1. The third-order valence-corrected chi connectivity index (χ3v) is 2.04. The quantitative estimate of drug-likeness (QED) is 0.753. The molecule has 0 radical (unpaired) electrons. The van der Waals surface area contributed by atoms with Crippen LogP contribution in [0.3, 0.4) is 0 Å². The van der Waals surface area contributed by atoms with Crippen molar-refractivity contribution in [2.45, 2.75) is 6.04 Å². The first-order valence-electron chi connectivity index (χ1n) is 4.20. The van der Waals surface area contributed by atoms with Crippen LogP contribution in [-0.4, -0.2) is 18.8 Å². The number of halogens is 1. The average Bonchev–Trinajstić information content (AvgIpc) is 2.22. The average molecular weight is 194 g/mol. The summed E-state index contributed by atoms with van der Waals surface area (Å²) in [7, 11) is 1.69. The van der Waals surface area contributed by atoms with Crippen LogP contribution in [0.2, 0.25) is 0 Å². The largest absolute Gasteiger partial charge is 0.394 e. The Morgan fingerprint density at radius 2 is 2.36 bits per heavy atom. The van der Waals surface area contributed by atoms with Gasteiger partial charge in [-0.25, -0.2) is 4.39 Å². The minimum Gasteiger partial charge on any atom is -0.394 e. The van der Waals surface area contributed by atoms with Crippen molar-refractivity contribution < 1.29 is 9.50 Å². The number of nitrogens with one attached hydrogen (secondary N) is 1. The summed E-state index contributed by atoms with van der Waals surface area (Å²) in [5.74, 6) is -0.538. The van der Waals surface area contributed by atoms with Crippen molar-refractivity contribution in [1.82, 2.24) is 5.32 Å². The molecular formula is C10H11FN2O. The second-order valence-corrected chi connectivity index (χ2v) is 2.87. The van der Waals surface area contributed by atoms with Crippen LogP contribution >= 0.6 is 0 Å². The molecule has 4 heteroatoms. The van der Waals surface area contributed by atoms with E-state index < -0.39 is 5.82 Å². The summed E-state index contributed by atoms with van der Waals surface area (Å²) in [5.41, 5.74) is 0.698. The predicted octanol–water partition coefficient (Wildman–Crippen LogP) is 0.950. The number of hydrogen-bond donors (Lipinski definition) is 2. The van der Waals surface area contributed by atoms with Gasteiger partial charge in [-0.1, -0.05) is 6.07 Å². The van der Waals surface area contributed by atoms with E-state index in [1.165, 1.54) is 12.1 Å². The standard InChI is InChI=1S/C10H11FN2O/c1-13-10(6-14)7-2-3-9(11)8(4-7)5-12/h2-4,10,13-14H,6H2,1H3/t10-/m1/s1. The van der Waals surface area contributed by atoms with Gasteiger partial charge in [0.1, 0.15) is 11.9 Å². The highest BCUT2D eigenvalue weighted by Gasteiger charge is 2.10. The van der Waals surface area contributed by atoms with Crippen molar-refractivity contribution in [2.24, 2.45) is 0 Å². The van der Waals surface area contributed by atoms with Crippen LogP contribution in [0.5, 0.6) is 0 Å². The van der Waals surface area contributed by atoms with Crippen LogP contribution < -0.4 is 5.32 Å². The van der Waals surface area contributed by atoms with Gasteiger partial charge in [0.25, 0.3) is 0 Å². The van der Waals surface area contributed by atoms with E-state index in [4.69, 9.17) is 10.4 Å². The molecule has 74 valence electrons. The van der Waals surface area contributed by atoms with Gasteiger partial charge in [-0.15, -0.1) is 0 Å². The number of nitriles is 1. The van der Waals surface area contributed by atoms with E-state index in [-0.39, 0.29) is 18.2 Å². The van der Waals surface area contributed by atoms with Crippen LogP contribution in [0.25, 0.3) is 0 Å². The molecule has 0 aliphatic rings. The second kappa shape index (κ2) is 4.70. The minimum absolute atomic E-state index is 0.00352. The maximum Gasteiger partial charge on any atom is 0.140 e. The van der Waals surface area contributed by atoms with E-state index in [1.807, 2.05) is 0 Å². The maximum atomic E-state index is 12.9. The molecule has 0 amide bonds. The maximum absolute atomic E-state index is 12.9. The smallest absolute Gasteiger partial charge is 0.140 e. The van der Waals surface area contributed by atoms with E-state index in [9.17, 15) is 4.39 Å². The van der Waals surface area contributed by atoms with Crippen LogP contribution in [0, 0.1) is 17.1 Å². The molecule has 14 heavy (non-hydrogen) atoms. The summed E-state index contributed by atoms with van der Waals surface area (Å²) >= 11 is 0. The van der Waals surface area contributed by atoms with Gasteiger partial charge in [-0.05, 0) is 24.7 Å². The summed E-state index contributed by atoms with van der Waals surface area (Å²) < 4.78 is 12.9. The number of benzene rings is 1. The lowest BCUT2D eigenvalue weighted by atomic mass is 10.0. The van der Waals surface area contributed by atoms with Crippen molar-refractivity contribution in [1.29, 1.82) is 5.26 Å². The van der Waals surface area contributed by atoms with E-state index in [0.717, 1.165) is 0 Å². The molecule has 0 aromatic heterocycles. The fraction of sp³-hybridized carbons (Fsp3) is 0.300. The number of aliphatic hydroxyl groups excluding tert-OH is 1. The van der Waals surface area contributed by atoms with Gasteiger partial charge in [-0.2, -0.15) is 5.26 Å². The highest BCUT2D eigenvalue weighted by molar-refractivity contribution is 5.35. The molecule has 0 unspecified atom stereocenters. The van der Waals surface area contributed by atoms with Gasteiger partial charge < -0.3 is 10.4 Å². The van der Waals surface area contributed by atoms with Crippen LogP contribution in [0.4, 0.5) is 4.39 Å². The predicted molar refractivity (Wildman–Crippen MR) is 50.0 cm³/mol. The van der Waals surface area contributed by atoms with E-state index in [0.29, 0.717) is 5.56 Å². The van der Waals surface area contributed by atoms with E-state index in [1.54, 1.807) is 19.2 Å². The Hall–Kier alpha value is -1.44. The summed E-state index contributed by atoms with van der Waals surface area (Å²) in [4.78, 5) is 0. The van der Waals surface area contributed by atoms with Crippen molar-refractivity contribution >= 4 is 0 Å². The highest BCUT2D eigenvalue weighted by atomic mass is 19.1. The lowest BCUT2D eigenvalue weighted by molar-refractivity contribution is 0.251. The minimum atomic E-state index is -0.538. The van der Waals surface area contributed by atoms with Crippen molar-refractivity contribution in [3.8, 4) is 6.07 Å². The molecule has 1 aromatic carbocycles. The Morgan fingerprint density at radius 1 is 1.64 bits per heavy atom. The molecule has 0 spiro atoms. The van der Waals surface area contributed by atoms with E-state index >= 15 is 0 Å². The molecule has 2 N–H and O–H groups in total. The molecule has 0 aliphatic carbocycles. The number of rotatable bonds is 3. The Balaban J connectivity index is 3.06. The van der Waals surface area contributed by atoms with Gasteiger partial charge >= 0.3 is 0 Å². The fourth-order valence-electron chi connectivity index (χ4n) is 1.21. The first-order valence-corrected chi connectivity index (χ1v) is 4.20. The lowest BCUT2D eigenvalue weighted by Gasteiger charge is -2.13. The van der Waals surface area contributed by atoms with Crippen LogP contribution in [0.1, 0.15) is 17.2 Å². The Kier molecular flexibility index (Phi) is 3.57. The number of nitrogens with zero attached hydrogens (tertiary/aromatic N) is 1. The van der Waals surface area contributed by atoms with Gasteiger partial charge in [0, 0.05) is 0 Å². The van der Waals surface area contributed by atoms with Gasteiger partial charge in [0.05, 0.1) is 18.2 Å². The van der Waals surface area contributed by atoms with Crippen molar-refractivity contribution in [3.63, 3.8) is 0 Å². The molecule has 0 aliphatic heterocycles.